The summed E-state index contributed by atoms with van der Waals surface area (Å²) in [5.41, 5.74) is 2.07. The Morgan fingerprint density at radius 3 is 2.12 bits per heavy atom. The van der Waals surface area contributed by atoms with Crippen LogP contribution in [-0.4, -0.2) is 34.6 Å². The molecule has 0 atom stereocenters. The van der Waals surface area contributed by atoms with Gasteiger partial charge in [-0.25, -0.2) is 13.1 Å². The molecule has 4 rings (SSSR count). The summed E-state index contributed by atoms with van der Waals surface area (Å²) >= 11 is 0. The molecule has 3 aromatic rings. The molecule has 0 unspecified atom stereocenters. The average molecular weight is 453 g/mol. The van der Waals surface area contributed by atoms with E-state index in [1.54, 1.807) is 19.2 Å². The molecule has 7 nitrogen and oxygen atoms in total. The molecule has 2 N–H and O–H groups in total. The molecular weight excluding hydrogens is 428 g/mol. The minimum absolute atomic E-state index is 0.134. The van der Waals surface area contributed by atoms with E-state index in [0.717, 1.165) is 11.1 Å². The van der Waals surface area contributed by atoms with Gasteiger partial charge in [-0.3, -0.25) is 4.79 Å². The summed E-state index contributed by atoms with van der Waals surface area (Å²) in [6.45, 7) is 0.767. The molecular formula is C24H24N2O5S. The third-order valence-corrected chi connectivity index (χ3v) is 6.67. The molecule has 166 valence electrons. The Labute approximate surface area is 187 Å². The summed E-state index contributed by atoms with van der Waals surface area (Å²) in [4.78, 5) is 13.4. The Bertz CT molecular complexity index is 1160. The largest absolute Gasteiger partial charge is 0.457 e. The zero-order chi connectivity index (χ0) is 22.6. The fourth-order valence-corrected chi connectivity index (χ4v) is 4.70. The highest BCUT2D eigenvalue weighted by atomic mass is 32.2. The molecule has 0 fully saturated rings. The van der Waals surface area contributed by atoms with Crippen molar-refractivity contribution >= 4 is 21.6 Å². The smallest absolute Gasteiger partial charge is 0.240 e. The van der Waals surface area contributed by atoms with Crippen LogP contribution >= 0.6 is 0 Å². The Morgan fingerprint density at radius 1 is 0.938 bits per heavy atom. The summed E-state index contributed by atoms with van der Waals surface area (Å²) in [6, 6.07) is 21.0. The maximum absolute atomic E-state index is 13.3. The summed E-state index contributed by atoms with van der Waals surface area (Å²) < 4.78 is 38.2. The molecule has 8 heteroatoms. The molecule has 3 aromatic carbocycles. The fourth-order valence-electron chi connectivity index (χ4n) is 3.63. The van der Waals surface area contributed by atoms with Crippen LogP contribution in [0.2, 0.25) is 0 Å². The first-order valence-corrected chi connectivity index (χ1v) is 11.7. The van der Waals surface area contributed by atoms with Crippen LogP contribution in [-0.2, 0) is 19.6 Å². The number of amides is 1. The molecule has 0 aliphatic carbocycles. The molecule has 0 aromatic heterocycles. The minimum Gasteiger partial charge on any atom is -0.457 e. The SMILES string of the molecule is COCCCNS(=O)(=O)c1ccc(NC(=O)C2c3ccccc3Oc3ccccc32)cc1. The van der Waals surface area contributed by atoms with Crippen LogP contribution in [0.15, 0.2) is 77.7 Å². The van der Waals surface area contributed by atoms with E-state index < -0.39 is 15.9 Å². The zero-order valence-corrected chi connectivity index (χ0v) is 18.4. The van der Waals surface area contributed by atoms with Crippen molar-refractivity contribution in [3.05, 3.63) is 83.9 Å². The summed E-state index contributed by atoms with van der Waals surface area (Å²) in [5.74, 6) is 0.531. The van der Waals surface area contributed by atoms with Gasteiger partial charge in [-0.05, 0) is 42.8 Å². The third kappa shape index (κ3) is 4.67. The molecule has 0 radical (unpaired) electrons. The highest BCUT2D eigenvalue weighted by Gasteiger charge is 2.32. The van der Waals surface area contributed by atoms with Crippen LogP contribution in [0.3, 0.4) is 0 Å². The number of rotatable bonds is 8. The number of hydrogen-bond donors (Lipinski definition) is 2. The second kappa shape index (κ2) is 9.52. The predicted molar refractivity (Wildman–Crippen MR) is 122 cm³/mol. The first-order chi connectivity index (χ1) is 15.5. The Morgan fingerprint density at radius 2 is 1.53 bits per heavy atom. The topological polar surface area (TPSA) is 93.7 Å². The van der Waals surface area contributed by atoms with Gasteiger partial charge in [-0.1, -0.05) is 36.4 Å². The van der Waals surface area contributed by atoms with E-state index in [4.69, 9.17) is 9.47 Å². The van der Waals surface area contributed by atoms with Crippen LogP contribution < -0.4 is 14.8 Å². The first-order valence-electron chi connectivity index (χ1n) is 10.2. The third-order valence-electron chi connectivity index (χ3n) is 5.19. The summed E-state index contributed by atoms with van der Waals surface area (Å²) in [5, 5.41) is 2.91. The van der Waals surface area contributed by atoms with Gasteiger partial charge in [0, 0.05) is 37.1 Å². The van der Waals surface area contributed by atoms with Crippen molar-refractivity contribution in [1.82, 2.24) is 4.72 Å². The number of carbonyl (C=O) groups is 1. The van der Waals surface area contributed by atoms with Crippen LogP contribution in [0.4, 0.5) is 5.69 Å². The van der Waals surface area contributed by atoms with Gasteiger partial charge in [0.05, 0.1) is 10.8 Å². The number of ether oxygens (including phenoxy) is 2. The van der Waals surface area contributed by atoms with E-state index in [9.17, 15) is 13.2 Å². The second-order valence-electron chi connectivity index (χ2n) is 7.37. The molecule has 1 aliphatic rings. The van der Waals surface area contributed by atoms with Crippen LogP contribution in [0.25, 0.3) is 0 Å². The molecule has 1 amide bonds. The molecule has 1 heterocycles. The van der Waals surface area contributed by atoms with E-state index in [1.165, 1.54) is 12.1 Å². The highest BCUT2D eigenvalue weighted by molar-refractivity contribution is 7.89. The minimum atomic E-state index is -3.62. The van der Waals surface area contributed by atoms with Crippen LogP contribution in [0, 0.1) is 0 Å². The average Bonchev–Trinajstić information content (AvgIpc) is 2.80. The van der Waals surface area contributed by atoms with E-state index in [-0.39, 0.29) is 17.3 Å². The van der Waals surface area contributed by atoms with Crippen molar-refractivity contribution in [3.8, 4) is 11.5 Å². The van der Waals surface area contributed by atoms with Crippen molar-refractivity contribution in [2.24, 2.45) is 0 Å². The Balaban J connectivity index is 1.52. The maximum atomic E-state index is 13.3. The van der Waals surface area contributed by atoms with Gasteiger partial charge < -0.3 is 14.8 Å². The van der Waals surface area contributed by atoms with E-state index >= 15 is 0 Å². The van der Waals surface area contributed by atoms with Crippen molar-refractivity contribution in [1.29, 1.82) is 0 Å². The number of para-hydroxylation sites is 2. The molecule has 1 aliphatic heterocycles. The summed E-state index contributed by atoms with van der Waals surface area (Å²) in [6.07, 6.45) is 0.581. The number of benzene rings is 3. The molecule has 32 heavy (non-hydrogen) atoms. The molecule has 0 saturated heterocycles. The lowest BCUT2D eigenvalue weighted by Crippen LogP contribution is -2.26. The predicted octanol–water partition coefficient (Wildman–Crippen LogP) is 3.88. The number of fused-ring (bicyclic) bond motifs is 2. The molecule has 0 bridgehead atoms. The zero-order valence-electron chi connectivity index (χ0n) is 17.6. The Kier molecular flexibility index (Phi) is 6.55. The van der Waals surface area contributed by atoms with Gasteiger partial charge in [0.15, 0.2) is 0 Å². The van der Waals surface area contributed by atoms with E-state index in [2.05, 4.69) is 10.0 Å². The summed E-state index contributed by atoms with van der Waals surface area (Å²) in [7, 11) is -2.05. The first kappa shape index (κ1) is 22.0. The van der Waals surface area contributed by atoms with Crippen LogP contribution in [0.5, 0.6) is 11.5 Å². The lowest BCUT2D eigenvalue weighted by atomic mass is 9.87. The standard InChI is InChI=1S/C24H24N2O5S/c1-30-16-6-15-25-32(28,29)18-13-11-17(12-14-18)26-24(27)23-19-7-2-4-9-21(19)31-22-10-5-3-8-20(22)23/h2-5,7-14,23,25H,6,15-16H2,1H3,(H,26,27). The molecule has 0 saturated carbocycles. The van der Waals surface area contributed by atoms with Gasteiger partial charge >= 0.3 is 0 Å². The van der Waals surface area contributed by atoms with Crippen molar-refractivity contribution in [3.63, 3.8) is 0 Å². The van der Waals surface area contributed by atoms with Crippen molar-refractivity contribution in [2.45, 2.75) is 17.2 Å². The van der Waals surface area contributed by atoms with Crippen LogP contribution in [0.1, 0.15) is 23.5 Å². The number of hydrogen-bond acceptors (Lipinski definition) is 5. The normalized spacial score (nSPS) is 13.0. The lowest BCUT2D eigenvalue weighted by Gasteiger charge is -2.27. The van der Waals surface area contributed by atoms with Crippen molar-refractivity contribution in [2.75, 3.05) is 25.6 Å². The van der Waals surface area contributed by atoms with Gasteiger partial charge in [0.2, 0.25) is 15.9 Å². The van der Waals surface area contributed by atoms with E-state index in [1.807, 2.05) is 48.5 Å². The van der Waals surface area contributed by atoms with Gasteiger partial charge in [-0.2, -0.15) is 0 Å². The quantitative estimate of drug-likeness (QED) is 0.506. The van der Waals surface area contributed by atoms with Gasteiger partial charge in [-0.15, -0.1) is 0 Å². The maximum Gasteiger partial charge on any atom is 0.240 e. The number of carbonyl (C=O) groups excluding carboxylic acids is 1. The van der Waals surface area contributed by atoms with Crippen molar-refractivity contribution < 1.29 is 22.7 Å². The Hall–Kier alpha value is -3.20. The number of sulfonamides is 1. The highest BCUT2D eigenvalue weighted by Crippen LogP contribution is 2.44. The fraction of sp³-hybridized carbons (Fsp3) is 0.208. The monoisotopic (exact) mass is 452 g/mol. The molecule has 0 spiro atoms. The van der Waals surface area contributed by atoms with Gasteiger partial charge in [0.1, 0.15) is 11.5 Å². The lowest BCUT2D eigenvalue weighted by molar-refractivity contribution is -0.116. The number of nitrogens with one attached hydrogen (secondary N) is 2. The van der Waals surface area contributed by atoms with Gasteiger partial charge in [0.25, 0.3) is 0 Å². The van der Waals surface area contributed by atoms with E-state index in [0.29, 0.717) is 30.2 Å². The number of anilines is 1. The second-order valence-corrected chi connectivity index (χ2v) is 9.14. The number of methoxy groups -OCH3 is 1.